The van der Waals surface area contributed by atoms with Gasteiger partial charge in [-0.3, -0.25) is 11.3 Å². The molecule has 1 aromatic carbocycles. The largest absolute Gasteiger partial charge is 0.497 e. The van der Waals surface area contributed by atoms with E-state index in [0.717, 1.165) is 17.1 Å². The SMILES string of the molecule is COc1ccc(CNN)c(OC)c1.Cl.Cl. The van der Waals surface area contributed by atoms with Crippen LogP contribution in [0, 0.1) is 0 Å². The van der Waals surface area contributed by atoms with Crippen molar-refractivity contribution in [3.63, 3.8) is 0 Å². The summed E-state index contributed by atoms with van der Waals surface area (Å²) in [6.07, 6.45) is 0. The molecule has 6 heteroatoms. The van der Waals surface area contributed by atoms with E-state index in [4.69, 9.17) is 15.3 Å². The molecule has 0 radical (unpaired) electrons. The van der Waals surface area contributed by atoms with Crippen LogP contribution in [0.3, 0.4) is 0 Å². The topological polar surface area (TPSA) is 56.5 Å². The van der Waals surface area contributed by atoms with E-state index in [9.17, 15) is 0 Å². The summed E-state index contributed by atoms with van der Waals surface area (Å²) in [5.74, 6) is 6.77. The first kappa shape index (κ1) is 16.7. The van der Waals surface area contributed by atoms with Gasteiger partial charge in [0.2, 0.25) is 0 Å². The van der Waals surface area contributed by atoms with Gasteiger partial charge in [0.25, 0.3) is 0 Å². The van der Waals surface area contributed by atoms with Gasteiger partial charge in [-0.2, -0.15) is 0 Å². The smallest absolute Gasteiger partial charge is 0.127 e. The molecule has 0 aliphatic carbocycles. The van der Waals surface area contributed by atoms with E-state index in [1.165, 1.54) is 0 Å². The maximum absolute atomic E-state index is 5.22. The zero-order valence-corrected chi connectivity index (χ0v) is 10.3. The standard InChI is InChI=1S/C9H14N2O2.2ClH/c1-12-8-4-3-7(6-11-10)9(5-8)13-2;;/h3-5,11H,6,10H2,1-2H3;2*1H. The van der Waals surface area contributed by atoms with Gasteiger partial charge >= 0.3 is 0 Å². The van der Waals surface area contributed by atoms with Crippen LogP contribution in [0.1, 0.15) is 5.56 Å². The van der Waals surface area contributed by atoms with Crippen molar-refractivity contribution >= 4 is 24.8 Å². The van der Waals surface area contributed by atoms with Gasteiger partial charge in [-0.05, 0) is 6.07 Å². The fourth-order valence-electron chi connectivity index (χ4n) is 1.11. The first-order chi connectivity index (χ1) is 6.31. The molecule has 0 unspecified atom stereocenters. The lowest BCUT2D eigenvalue weighted by Crippen LogP contribution is -2.21. The number of rotatable bonds is 4. The zero-order chi connectivity index (χ0) is 9.68. The Bertz CT molecular complexity index is 285. The van der Waals surface area contributed by atoms with Gasteiger partial charge in [-0.1, -0.05) is 6.07 Å². The Morgan fingerprint density at radius 2 is 1.87 bits per heavy atom. The van der Waals surface area contributed by atoms with Crippen LogP contribution >= 0.6 is 24.8 Å². The number of halogens is 2. The second kappa shape index (κ2) is 8.61. The zero-order valence-electron chi connectivity index (χ0n) is 8.65. The summed E-state index contributed by atoms with van der Waals surface area (Å²) >= 11 is 0. The maximum atomic E-state index is 5.22. The Morgan fingerprint density at radius 3 is 2.33 bits per heavy atom. The molecule has 0 aromatic heterocycles. The third kappa shape index (κ3) is 4.57. The van der Waals surface area contributed by atoms with E-state index < -0.39 is 0 Å². The minimum Gasteiger partial charge on any atom is -0.497 e. The Hall–Kier alpha value is -0.680. The molecule has 88 valence electrons. The molecular formula is C9H16Cl2N2O2. The summed E-state index contributed by atoms with van der Waals surface area (Å²) in [5, 5.41) is 0. The van der Waals surface area contributed by atoms with Crippen LogP contribution in [0.4, 0.5) is 0 Å². The summed E-state index contributed by atoms with van der Waals surface area (Å²) in [6, 6.07) is 5.61. The third-order valence-corrected chi connectivity index (χ3v) is 1.79. The molecule has 0 fully saturated rings. The van der Waals surface area contributed by atoms with Crippen LogP contribution in [0.2, 0.25) is 0 Å². The fraction of sp³-hybridized carbons (Fsp3) is 0.333. The summed E-state index contributed by atoms with van der Waals surface area (Å²) in [5.41, 5.74) is 3.58. The van der Waals surface area contributed by atoms with Crippen molar-refractivity contribution in [2.24, 2.45) is 5.84 Å². The summed E-state index contributed by atoms with van der Waals surface area (Å²) < 4.78 is 10.2. The van der Waals surface area contributed by atoms with Crippen molar-refractivity contribution in [2.75, 3.05) is 14.2 Å². The first-order valence-electron chi connectivity index (χ1n) is 3.96. The highest BCUT2D eigenvalue weighted by atomic mass is 35.5. The van der Waals surface area contributed by atoms with E-state index in [0.29, 0.717) is 6.54 Å². The molecule has 0 aliphatic heterocycles. The number of ether oxygens (including phenoxy) is 2. The lowest BCUT2D eigenvalue weighted by atomic mass is 10.2. The lowest BCUT2D eigenvalue weighted by Gasteiger charge is -2.09. The van der Waals surface area contributed by atoms with Crippen molar-refractivity contribution in [3.05, 3.63) is 23.8 Å². The van der Waals surface area contributed by atoms with Crippen LogP contribution in [-0.2, 0) is 6.54 Å². The fourth-order valence-corrected chi connectivity index (χ4v) is 1.11. The second-order valence-corrected chi connectivity index (χ2v) is 2.56. The Labute approximate surface area is 102 Å². The number of nitrogens with two attached hydrogens (primary N) is 1. The van der Waals surface area contributed by atoms with Gasteiger partial charge in [0.05, 0.1) is 14.2 Å². The predicted molar refractivity (Wildman–Crippen MR) is 65.1 cm³/mol. The van der Waals surface area contributed by atoms with Crippen LogP contribution < -0.4 is 20.7 Å². The molecule has 0 saturated carbocycles. The molecule has 0 saturated heterocycles. The normalized spacial score (nSPS) is 8.47. The predicted octanol–water partition coefficient (Wildman–Crippen LogP) is 1.51. The highest BCUT2D eigenvalue weighted by Crippen LogP contribution is 2.23. The average molecular weight is 255 g/mol. The number of methoxy groups -OCH3 is 2. The van der Waals surface area contributed by atoms with Crippen molar-refractivity contribution in [1.29, 1.82) is 0 Å². The molecule has 0 spiro atoms. The first-order valence-corrected chi connectivity index (χ1v) is 3.96. The molecule has 1 aromatic rings. The van der Waals surface area contributed by atoms with Gasteiger partial charge in [0, 0.05) is 18.2 Å². The summed E-state index contributed by atoms with van der Waals surface area (Å²) in [7, 11) is 3.24. The van der Waals surface area contributed by atoms with Crippen molar-refractivity contribution in [2.45, 2.75) is 6.54 Å². The van der Waals surface area contributed by atoms with Gasteiger partial charge < -0.3 is 9.47 Å². The molecule has 0 atom stereocenters. The Kier molecular flexibility index (Phi) is 9.61. The van der Waals surface area contributed by atoms with Crippen molar-refractivity contribution < 1.29 is 9.47 Å². The lowest BCUT2D eigenvalue weighted by molar-refractivity contribution is 0.390. The van der Waals surface area contributed by atoms with Gasteiger partial charge in [-0.15, -0.1) is 24.8 Å². The summed E-state index contributed by atoms with van der Waals surface area (Å²) in [4.78, 5) is 0. The molecule has 0 bridgehead atoms. The third-order valence-electron chi connectivity index (χ3n) is 1.79. The van der Waals surface area contributed by atoms with Crippen LogP contribution in [0.25, 0.3) is 0 Å². The van der Waals surface area contributed by atoms with Gasteiger partial charge in [0.1, 0.15) is 11.5 Å². The quantitative estimate of drug-likeness (QED) is 0.632. The van der Waals surface area contributed by atoms with Crippen LogP contribution in [0.15, 0.2) is 18.2 Å². The monoisotopic (exact) mass is 254 g/mol. The van der Waals surface area contributed by atoms with E-state index in [2.05, 4.69) is 5.43 Å². The molecule has 1 rings (SSSR count). The highest BCUT2D eigenvalue weighted by molar-refractivity contribution is 5.85. The summed E-state index contributed by atoms with van der Waals surface area (Å²) in [6.45, 7) is 0.577. The molecule has 4 nitrogen and oxygen atoms in total. The molecule has 0 aliphatic rings. The number of nitrogens with one attached hydrogen (secondary N) is 1. The molecule has 15 heavy (non-hydrogen) atoms. The number of hydrogen-bond donors (Lipinski definition) is 2. The van der Waals surface area contributed by atoms with Crippen LogP contribution in [-0.4, -0.2) is 14.2 Å². The average Bonchev–Trinajstić information content (AvgIpc) is 2.19. The Morgan fingerprint density at radius 1 is 1.20 bits per heavy atom. The van der Waals surface area contributed by atoms with Gasteiger partial charge in [-0.25, -0.2) is 0 Å². The molecular weight excluding hydrogens is 239 g/mol. The highest BCUT2D eigenvalue weighted by Gasteiger charge is 2.03. The molecule has 3 N–H and O–H groups in total. The van der Waals surface area contributed by atoms with E-state index >= 15 is 0 Å². The van der Waals surface area contributed by atoms with E-state index in [1.54, 1.807) is 14.2 Å². The number of hydrogen-bond acceptors (Lipinski definition) is 4. The minimum atomic E-state index is 0. The van der Waals surface area contributed by atoms with Crippen LogP contribution in [0.5, 0.6) is 11.5 Å². The minimum absolute atomic E-state index is 0. The van der Waals surface area contributed by atoms with Crippen molar-refractivity contribution in [3.8, 4) is 11.5 Å². The van der Waals surface area contributed by atoms with Crippen molar-refractivity contribution in [1.82, 2.24) is 5.43 Å². The van der Waals surface area contributed by atoms with Gasteiger partial charge in [0.15, 0.2) is 0 Å². The van der Waals surface area contributed by atoms with E-state index in [-0.39, 0.29) is 24.8 Å². The Balaban J connectivity index is 0. The second-order valence-electron chi connectivity index (χ2n) is 2.56. The molecule has 0 heterocycles. The number of benzene rings is 1. The van der Waals surface area contributed by atoms with E-state index in [1.807, 2.05) is 18.2 Å². The number of hydrazine groups is 1. The molecule has 0 amide bonds. The maximum Gasteiger partial charge on any atom is 0.127 e.